The Morgan fingerprint density at radius 1 is 1.20 bits per heavy atom. The van der Waals surface area contributed by atoms with E-state index in [-0.39, 0.29) is 30.6 Å². The molecule has 0 aliphatic rings. The van der Waals surface area contributed by atoms with Crippen molar-refractivity contribution in [3.8, 4) is 5.75 Å². The summed E-state index contributed by atoms with van der Waals surface area (Å²) in [5.41, 5.74) is 3.32. The molecule has 0 radical (unpaired) electrons. The predicted molar refractivity (Wildman–Crippen MR) is 95.5 cm³/mol. The number of rotatable bonds is 5. The second-order valence-electron chi connectivity index (χ2n) is 6.10. The van der Waals surface area contributed by atoms with Crippen LogP contribution in [0.3, 0.4) is 0 Å². The molecule has 3 rings (SSSR count). The molecule has 0 amide bonds. The molecule has 1 N–H and O–H groups in total. The van der Waals surface area contributed by atoms with E-state index in [0.29, 0.717) is 17.3 Å². The van der Waals surface area contributed by atoms with E-state index in [1.165, 1.54) is 0 Å². The average Bonchev–Trinajstić information content (AvgIpc) is 2.81. The lowest BCUT2D eigenvalue weighted by Crippen LogP contribution is -3.00. The minimum atomic E-state index is -0.629. The summed E-state index contributed by atoms with van der Waals surface area (Å²) in [6.07, 6.45) is -0.629. The van der Waals surface area contributed by atoms with Crippen LogP contribution in [0.4, 0.5) is 0 Å². The second-order valence-corrected chi connectivity index (χ2v) is 6.51. The van der Waals surface area contributed by atoms with E-state index >= 15 is 0 Å². The number of aliphatic hydroxyl groups excluding tert-OH is 1. The quantitative estimate of drug-likeness (QED) is 0.425. The van der Waals surface area contributed by atoms with Gasteiger partial charge in [-0.15, -0.1) is 0 Å². The van der Waals surface area contributed by atoms with Gasteiger partial charge in [-0.05, 0) is 36.8 Å². The summed E-state index contributed by atoms with van der Waals surface area (Å²) < 4.78 is 9.95. The van der Waals surface area contributed by atoms with E-state index in [0.717, 1.165) is 22.4 Å². The van der Waals surface area contributed by atoms with Crippen molar-refractivity contribution < 1.29 is 38.4 Å². The van der Waals surface area contributed by atoms with Crippen LogP contribution in [0.25, 0.3) is 11.0 Å². The summed E-state index contributed by atoms with van der Waals surface area (Å²) in [6.45, 7) is 4.69. The van der Waals surface area contributed by atoms with Crippen LogP contribution in [0.2, 0.25) is 5.02 Å². The van der Waals surface area contributed by atoms with E-state index in [4.69, 9.17) is 16.3 Å². The Morgan fingerprint density at radius 3 is 2.68 bits per heavy atom. The molecule has 0 aliphatic heterocycles. The Labute approximate surface area is 170 Å². The number of aryl methyl sites for hydroxylation is 2. The van der Waals surface area contributed by atoms with Gasteiger partial charge >= 0.3 is 0 Å². The minimum absolute atomic E-state index is 0. The van der Waals surface area contributed by atoms with Crippen molar-refractivity contribution in [2.75, 3.05) is 6.61 Å². The molecule has 4 nitrogen and oxygen atoms in total. The number of imidazole rings is 1. The fraction of sp³-hybridized carbons (Fsp3) is 0.316. The number of halogens is 2. The molecular weight excluding hydrogens is 451 g/mol. The molecule has 0 aliphatic carbocycles. The van der Waals surface area contributed by atoms with Crippen LogP contribution in [0.5, 0.6) is 5.75 Å². The van der Waals surface area contributed by atoms with Crippen LogP contribution in [-0.2, 0) is 13.6 Å². The van der Waals surface area contributed by atoms with Crippen LogP contribution in [0.1, 0.15) is 11.4 Å². The predicted octanol–water partition coefficient (Wildman–Crippen LogP) is 0.180. The van der Waals surface area contributed by atoms with Gasteiger partial charge in [-0.1, -0.05) is 29.8 Å². The zero-order chi connectivity index (χ0) is 17.3. The first-order valence-corrected chi connectivity index (χ1v) is 8.36. The molecule has 0 saturated heterocycles. The average molecular weight is 473 g/mol. The third-order valence-corrected chi connectivity index (χ3v) is 4.63. The molecular formula is C19H22ClIN2O2. The fourth-order valence-corrected chi connectivity index (χ4v) is 3.08. The molecule has 0 fully saturated rings. The van der Waals surface area contributed by atoms with Crippen molar-refractivity contribution >= 4 is 22.6 Å². The SMILES string of the molecule is Cc1ccc(Cl)c(OCC(O)Cn2c(C)[n+](C)c3ccccc32)c1.[I-]. The van der Waals surface area contributed by atoms with Gasteiger partial charge in [0.05, 0.1) is 12.1 Å². The van der Waals surface area contributed by atoms with E-state index in [9.17, 15) is 5.11 Å². The minimum Gasteiger partial charge on any atom is -1.00 e. The van der Waals surface area contributed by atoms with E-state index < -0.39 is 6.10 Å². The monoisotopic (exact) mass is 472 g/mol. The highest BCUT2D eigenvalue weighted by Crippen LogP contribution is 2.25. The molecule has 1 unspecified atom stereocenters. The second kappa shape index (κ2) is 8.38. The number of aliphatic hydroxyl groups is 1. The maximum atomic E-state index is 10.4. The summed E-state index contributed by atoms with van der Waals surface area (Å²) in [5, 5.41) is 11.0. The molecule has 134 valence electrons. The topological polar surface area (TPSA) is 38.3 Å². The van der Waals surface area contributed by atoms with Crippen molar-refractivity contribution in [2.24, 2.45) is 7.05 Å². The zero-order valence-electron chi connectivity index (χ0n) is 14.5. The molecule has 1 atom stereocenters. The molecule has 1 heterocycles. The lowest BCUT2D eigenvalue weighted by molar-refractivity contribution is -0.652. The van der Waals surface area contributed by atoms with Crippen molar-refractivity contribution in [3.63, 3.8) is 0 Å². The summed E-state index contributed by atoms with van der Waals surface area (Å²) in [6, 6.07) is 13.8. The number of fused-ring (bicyclic) bond motifs is 1. The Hall–Kier alpha value is -1.31. The molecule has 6 heteroatoms. The highest BCUT2D eigenvalue weighted by molar-refractivity contribution is 6.32. The standard InChI is InChI=1S/C19H22ClN2O2.HI/c1-13-8-9-16(20)19(10-13)24-12-15(23)11-22-14(2)21(3)17-6-4-5-7-18(17)22;/h4-10,15,23H,11-12H2,1-3H3;1H/q+1;/p-1. The summed E-state index contributed by atoms with van der Waals surface area (Å²) in [7, 11) is 2.03. The first-order chi connectivity index (χ1) is 11.5. The first-order valence-electron chi connectivity index (χ1n) is 7.98. The number of nitrogens with zero attached hydrogens (tertiary/aromatic N) is 2. The Morgan fingerprint density at radius 2 is 1.92 bits per heavy atom. The maximum absolute atomic E-state index is 10.4. The van der Waals surface area contributed by atoms with Gasteiger partial charge in [-0.2, -0.15) is 0 Å². The molecule has 1 aromatic heterocycles. The number of hydrogen-bond acceptors (Lipinski definition) is 2. The van der Waals surface area contributed by atoms with Gasteiger partial charge in [0, 0.05) is 6.92 Å². The zero-order valence-corrected chi connectivity index (χ0v) is 17.5. The molecule has 0 bridgehead atoms. The summed E-state index contributed by atoms with van der Waals surface area (Å²) >= 11 is 6.13. The van der Waals surface area contributed by atoms with Gasteiger partial charge in [0.1, 0.15) is 25.0 Å². The van der Waals surface area contributed by atoms with E-state index in [1.54, 1.807) is 0 Å². The lowest BCUT2D eigenvalue weighted by Gasteiger charge is -2.13. The van der Waals surface area contributed by atoms with Gasteiger partial charge in [0.25, 0.3) is 5.82 Å². The number of para-hydroxylation sites is 2. The maximum Gasteiger partial charge on any atom is 0.254 e. The largest absolute Gasteiger partial charge is 1.00 e. The van der Waals surface area contributed by atoms with E-state index in [2.05, 4.69) is 21.3 Å². The number of benzene rings is 2. The number of hydrogen-bond donors (Lipinski definition) is 1. The Kier molecular flexibility index (Phi) is 6.71. The van der Waals surface area contributed by atoms with Gasteiger partial charge in [-0.3, -0.25) is 0 Å². The van der Waals surface area contributed by atoms with Crippen LogP contribution >= 0.6 is 11.6 Å². The lowest BCUT2D eigenvalue weighted by atomic mass is 10.2. The molecule has 3 aromatic rings. The summed E-state index contributed by atoms with van der Waals surface area (Å²) in [5.74, 6) is 1.69. The summed E-state index contributed by atoms with van der Waals surface area (Å²) in [4.78, 5) is 0. The van der Waals surface area contributed by atoms with Crippen LogP contribution in [0, 0.1) is 13.8 Å². The highest BCUT2D eigenvalue weighted by Gasteiger charge is 2.21. The van der Waals surface area contributed by atoms with E-state index in [1.807, 2.05) is 51.2 Å². The van der Waals surface area contributed by atoms with Gasteiger partial charge < -0.3 is 33.8 Å². The molecule has 0 spiro atoms. The molecule has 0 saturated carbocycles. The number of ether oxygens (including phenoxy) is 1. The highest BCUT2D eigenvalue weighted by atomic mass is 127. The Bertz CT molecular complexity index is 879. The molecule has 2 aromatic carbocycles. The van der Waals surface area contributed by atoms with Crippen molar-refractivity contribution in [2.45, 2.75) is 26.5 Å². The normalized spacial score (nSPS) is 12.0. The van der Waals surface area contributed by atoms with Gasteiger partial charge in [-0.25, -0.2) is 9.13 Å². The Balaban J connectivity index is 0.00000225. The van der Waals surface area contributed by atoms with Crippen LogP contribution in [-0.4, -0.2) is 22.4 Å². The van der Waals surface area contributed by atoms with Gasteiger partial charge in [0.15, 0.2) is 11.0 Å². The fourth-order valence-electron chi connectivity index (χ4n) is 2.91. The van der Waals surface area contributed by atoms with Crippen LogP contribution in [0.15, 0.2) is 42.5 Å². The smallest absolute Gasteiger partial charge is 0.254 e. The third-order valence-electron chi connectivity index (χ3n) is 4.32. The van der Waals surface area contributed by atoms with Crippen molar-refractivity contribution in [3.05, 3.63) is 58.9 Å². The first kappa shape index (κ1) is 20.0. The molecule has 25 heavy (non-hydrogen) atoms. The number of aromatic nitrogens is 2. The van der Waals surface area contributed by atoms with Crippen molar-refractivity contribution in [1.29, 1.82) is 0 Å². The van der Waals surface area contributed by atoms with Gasteiger partial charge in [0.2, 0.25) is 0 Å². The third kappa shape index (κ3) is 4.27. The van der Waals surface area contributed by atoms with Crippen LogP contribution < -0.4 is 33.3 Å². The van der Waals surface area contributed by atoms with Crippen molar-refractivity contribution in [1.82, 2.24) is 4.57 Å².